The zero-order valence-corrected chi connectivity index (χ0v) is 23.0. The number of rotatable bonds is 9. The number of ether oxygens (including phenoxy) is 2. The summed E-state index contributed by atoms with van der Waals surface area (Å²) in [5.41, 5.74) is 3.84. The minimum Gasteiger partial charge on any atom is -0.490 e. The Hall–Kier alpha value is -4.01. The van der Waals surface area contributed by atoms with Crippen LogP contribution in [0.15, 0.2) is 84.3 Å². The van der Waals surface area contributed by atoms with Gasteiger partial charge in [0.25, 0.3) is 5.91 Å². The van der Waals surface area contributed by atoms with Gasteiger partial charge in [0.1, 0.15) is 19.0 Å². The molecule has 1 amide bonds. The van der Waals surface area contributed by atoms with Gasteiger partial charge >= 0.3 is 0 Å². The number of anilines is 1. The summed E-state index contributed by atoms with van der Waals surface area (Å²) in [6.07, 6.45) is 1.46. The molecular weight excluding hydrogens is 537 g/mol. The Labute approximate surface area is 236 Å². The molecule has 0 aliphatic carbocycles. The van der Waals surface area contributed by atoms with Gasteiger partial charge in [0.2, 0.25) is 5.95 Å². The maximum Gasteiger partial charge on any atom is 0.251 e. The molecule has 200 valence electrons. The van der Waals surface area contributed by atoms with Gasteiger partial charge < -0.3 is 20.1 Å². The molecule has 5 rings (SSSR count). The Morgan fingerprint density at radius 3 is 2.64 bits per heavy atom. The molecule has 3 aromatic carbocycles. The van der Waals surface area contributed by atoms with E-state index in [4.69, 9.17) is 32.7 Å². The number of carbonyl (C=O) groups is 1. The van der Waals surface area contributed by atoms with Crippen LogP contribution in [0.5, 0.6) is 11.5 Å². The number of aromatic nitrogens is 3. The van der Waals surface area contributed by atoms with Gasteiger partial charge in [-0.1, -0.05) is 65.7 Å². The highest BCUT2D eigenvalue weighted by Gasteiger charge is 2.34. The Bertz CT molecular complexity index is 1520. The van der Waals surface area contributed by atoms with E-state index >= 15 is 0 Å². The predicted octanol–water partition coefficient (Wildman–Crippen LogP) is 6.17. The minimum atomic E-state index is -0.529. The molecule has 1 aliphatic rings. The van der Waals surface area contributed by atoms with Crippen molar-refractivity contribution in [2.24, 2.45) is 0 Å². The molecule has 2 heterocycles. The fourth-order valence-electron chi connectivity index (χ4n) is 4.44. The summed E-state index contributed by atoms with van der Waals surface area (Å²) in [5, 5.41) is 11.7. The van der Waals surface area contributed by atoms with Crippen molar-refractivity contribution in [2.75, 3.05) is 11.9 Å². The van der Waals surface area contributed by atoms with Gasteiger partial charge in [-0.3, -0.25) is 4.79 Å². The molecule has 1 atom stereocenters. The van der Waals surface area contributed by atoms with Crippen molar-refractivity contribution < 1.29 is 14.3 Å². The average molecular weight is 564 g/mol. The van der Waals surface area contributed by atoms with E-state index in [0.29, 0.717) is 51.9 Å². The molecule has 0 fully saturated rings. The van der Waals surface area contributed by atoms with Gasteiger partial charge in [0.05, 0.1) is 12.2 Å². The van der Waals surface area contributed by atoms with E-state index in [1.807, 2.05) is 68.4 Å². The summed E-state index contributed by atoms with van der Waals surface area (Å²) < 4.78 is 13.7. The third kappa shape index (κ3) is 5.87. The van der Waals surface area contributed by atoms with E-state index in [9.17, 15) is 4.79 Å². The van der Waals surface area contributed by atoms with Crippen molar-refractivity contribution in [3.63, 3.8) is 0 Å². The molecule has 0 bridgehead atoms. The van der Waals surface area contributed by atoms with Crippen LogP contribution in [0.25, 0.3) is 0 Å². The standard InChI is InChI=1S/C29H27Cl2N5O3/c1-3-38-25-13-20(10-12-24(25)39-16-21-9-11-22(30)14-23(21)31)27-26(18(2)35-29-33-17-34-36(27)29)28(37)32-15-19-7-5-4-6-8-19/h4-14,17,27H,3,15-16H2,1-2H3,(H,32,37)(H,33,34,35)/t27-/m1/s1. The largest absolute Gasteiger partial charge is 0.490 e. The highest BCUT2D eigenvalue weighted by atomic mass is 35.5. The number of hydrogen-bond acceptors (Lipinski definition) is 6. The fraction of sp³-hybridized carbons (Fsp3) is 0.207. The molecule has 0 radical (unpaired) electrons. The first-order valence-electron chi connectivity index (χ1n) is 12.5. The lowest BCUT2D eigenvalue weighted by atomic mass is 9.94. The lowest BCUT2D eigenvalue weighted by Crippen LogP contribution is -2.34. The van der Waals surface area contributed by atoms with Crippen molar-refractivity contribution in [3.8, 4) is 11.5 Å². The second-order valence-electron chi connectivity index (χ2n) is 8.93. The summed E-state index contributed by atoms with van der Waals surface area (Å²) >= 11 is 12.3. The smallest absolute Gasteiger partial charge is 0.251 e. The van der Waals surface area contributed by atoms with Gasteiger partial charge in [0.15, 0.2) is 11.5 Å². The first kappa shape index (κ1) is 26.6. The lowest BCUT2D eigenvalue weighted by Gasteiger charge is -2.29. The number of benzene rings is 3. The van der Waals surface area contributed by atoms with Gasteiger partial charge in [-0.25, -0.2) is 4.68 Å². The van der Waals surface area contributed by atoms with Crippen LogP contribution in [-0.4, -0.2) is 27.3 Å². The number of amides is 1. The van der Waals surface area contributed by atoms with Gasteiger partial charge in [-0.05, 0) is 49.2 Å². The summed E-state index contributed by atoms with van der Waals surface area (Å²) in [6.45, 7) is 4.83. The van der Waals surface area contributed by atoms with Crippen LogP contribution >= 0.6 is 23.2 Å². The van der Waals surface area contributed by atoms with Gasteiger partial charge in [-0.2, -0.15) is 10.1 Å². The van der Waals surface area contributed by atoms with Crippen LogP contribution in [0.3, 0.4) is 0 Å². The number of allylic oxidation sites excluding steroid dienone is 1. The van der Waals surface area contributed by atoms with Crippen molar-refractivity contribution in [2.45, 2.75) is 33.0 Å². The summed E-state index contributed by atoms with van der Waals surface area (Å²) in [4.78, 5) is 17.9. The van der Waals surface area contributed by atoms with Gasteiger partial charge in [0, 0.05) is 27.9 Å². The van der Waals surface area contributed by atoms with E-state index in [1.165, 1.54) is 6.33 Å². The van der Waals surface area contributed by atoms with E-state index < -0.39 is 6.04 Å². The first-order valence-corrected chi connectivity index (χ1v) is 13.2. The van der Waals surface area contributed by atoms with Crippen LogP contribution in [0.2, 0.25) is 10.0 Å². The molecule has 4 aromatic rings. The van der Waals surface area contributed by atoms with Crippen LogP contribution in [0.1, 0.15) is 36.6 Å². The number of fused-ring (bicyclic) bond motifs is 1. The van der Waals surface area contributed by atoms with Crippen LogP contribution in [-0.2, 0) is 17.9 Å². The second kappa shape index (κ2) is 11.8. The predicted molar refractivity (Wildman–Crippen MR) is 151 cm³/mol. The number of nitrogens with zero attached hydrogens (tertiary/aromatic N) is 3. The Morgan fingerprint density at radius 2 is 1.87 bits per heavy atom. The van der Waals surface area contributed by atoms with E-state index in [1.54, 1.807) is 16.8 Å². The highest BCUT2D eigenvalue weighted by Crippen LogP contribution is 2.39. The topological polar surface area (TPSA) is 90.3 Å². The second-order valence-corrected chi connectivity index (χ2v) is 9.77. The number of carbonyl (C=O) groups excluding carboxylic acids is 1. The summed E-state index contributed by atoms with van der Waals surface area (Å²) in [5.74, 6) is 1.44. The lowest BCUT2D eigenvalue weighted by molar-refractivity contribution is -0.118. The van der Waals surface area contributed by atoms with Crippen molar-refractivity contribution in [1.82, 2.24) is 20.1 Å². The molecule has 2 N–H and O–H groups in total. The Morgan fingerprint density at radius 1 is 1.05 bits per heavy atom. The van der Waals surface area contributed by atoms with E-state index in [-0.39, 0.29) is 12.5 Å². The quantitative estimate of drug-likeness (QED) is 0.253. The van der Waals surface area contributed by atoms with Crippen molar-refractivity contribution >= 4 is 35.1 Å². The molecule has 1 aliphatic heterocycles. The third-order valence-corrected chi connectivity index (χ3v) is 6.90. The molecule has 0 saturated carbocycles. The summed E-state index contributed by atoms with van der Waals surface area (Å²) in [6, 6.07) is 20.1. The summed E-state index contributed by atoms with van der Waals surface area (Å²) in [7, 11) is 0. The van der Waals surface area contributed by atoms with E-state index in [2.05, 4.69) is 20.7 Å². The molecule has 0 saturated heterocycles. The van der Waals surface area contributed by atoms with Crippen LogP contribution in [0, 0.1) is 0 Å². The maximum atomic E-state index is 13.5. The molecule has 39 heavy (non-hydrogen) atoms. The van der Waals surface area contributed by atoms with E-state index in [0.717, 1.165) is 16.7 Å². The van der Waals surface area contributed by atoms with Crippen LogP contribution in [0.4, 0.5) is 5.95 Å². The number of hydrogen-bond donors (Lipinski definition) is 2. The molecular formula is C29H27Cl2N5O3. The number of halogens is 2. The third-order valence-electron chi connectivity index (χ3n) is 6.32. The monoisotopic (exact) mass is 563 g/mol. The first-order chi connectivity index (χ1) is 18.9. The SMILES string of the molecule is CCOc1cc([C@@H]2C(C(=O)NCc3ccccc3)=C(C)Nc3ncnn32)ccc1OCc1ccc(Cl)cc1Cl. The average Bonchev–Trinajstić information content (AvgIpc) is 3.40. The van der Waals surface area contributed by atoms with Gasteiger partial charge in [-0.15, -0.1) is 0 Å². The Balaban J connectivity index is 1.45. The zero-order chi connectivity index (χ0) is 27.4. The molecule has 0 spiro atoms. The minimum absolute atomic E-state index is 0.203. The normalized spacial score (nSPS) is 14.4. The van der Waals surface area contributed by atoms with Crippen LogP contribution < -0.4 is 20.1 Å². The molecule has 0 unspecified atom stereocenters. The molecule has 1 aromatic heterocycles. The molecule has 10 heteroatoms. The Kier molecular flexibility index (Phi) is 8.05. The number of nitrogens with one attached hydrogen (secondary N) is 2. The molecule has 8 nitrogen and oxygen atoms in total. The van der Waals surface area contributed by atoms with Crippen molar-refractivity contribution in [1.29, 1.82) is 0 Å². The maximum absolute atomic E-state index is 13.5. The zero-order valence-electron chi connectivity index (χ0n) is 21.4. The fourth-order valence-corrected chi connectivity index (χ4v) is 4.91. The van der Waals surface area contributed by atoms with Crippen molar-refractivity contribution in [3.05, 3.63) is 111 Å². The highest BCUT2D eigenvalue weighted by molar-refractivity contribution is 6.35.